The highest BCUT2D eigenvalue weighted by Crippen LogP contribution is 2.13. The van der Waals surface area contributed by atoms with Crippen LogP contribution in [0.4, 0.5) is 13.2 Å². The minimum atomic E-state index is -5.08. The van der Waals surface area contributed by atoms with E-state index < -0.39 is 18.1 Å². The fraction of sp³-hybridized carbons (Fsp3) is 0.714. The number of carbonyl (C=O) groups is 2. The van der Waals surface area contributed by atoms with Gasteiger partial charge in [0, 0.05) is 0 Å². The molecule has 0 radical (unpaired) electrons. The van der Waals surface area contributed by atoms with Crippen molar-refractivity contribution in [3.8, 4) is 0 Å². The van der Waals surface area contributed by atoms with Crippen molar-refractivity contribution >= 4 is 11.9 Å². The number of nitrogens with one attached hydrogen (secondary N) is 1. The molecular weight excluding hydrogens is 219 g/mol. The van der Waals surface area contributed by atoms with Crippen LogP contribution in [0.15, 0.2) is 0 Å². The normalized spacial score (nSPS) is 20.3. The van der Waals surface area contributed by atoms with E-state index in [9.17, 15) is 18.0 Å². The molecule has 0 aromatic heterocycles. The molecular formula is C7H10F3NO4. The van der Waals surface area contributed by atoms with E-state index in [-0.39, 0.29) is 6.04 Å². The first kappa shape index (κ1) is 13.7. The van der Waals surface area contributed by atoms with E-state index in [1.807, 2.05) is 0 Å². The van der Waals surface area contributed by atoms with E-state index in [2.05, 4.69) is 5.32 Å². The fourth-order valence-electron chi connectivity index (χ4n) is 0.895. The maximum absolute atomic E-state index is 10.6. The third kappa shape index (κ3) is 5.89. The lowest BCUT2D eigenvalue weighted by Crippen LogP contribution is -2.29. The van der Waals surface area contributed by atoms with Crippen LogP contribution in [0, 0.1) is 0 Å². The van der Waals surface area contributed by atoms with E-state index in [0.29, 0.717) is 0 Å². The molecule has 1 atom stereocenters. The number of halogens is 3. The molecule has 0 saturated carbocycles. The minimum absolute atomic E-state index is 0.269. The molecule has 1 saturated heterocycles. The Labute approximate surface area is 82.9 Å². The quantitative estimate of drug-likeness (QED) is 0.608. The van der Waals surface area contributed by atoms with Crippen LogP contribution in [0.2, 0.25) is 0 Å². The fourth-order valence-corrected chi connectivity index (χ4v) is 0.895. The van der Waals surface area contributed by atoms with E-state index in [0.717, 1.165) is 19.4 Å². The zero-order valence-corrected chi connectivity index (χ0v) is 7.54. The molecule has 15 heavy (non-hydrogen) atoms. The summed E-state index contributed by atoms with van der Waals surface area (Å²) in [5, 5.41) is 18.3. The molecule has 0 amide bonds. The zero-order chi connectivity index (χ0) is 12.1. The average molecular weight is 229 g/mol. The molecule has 1 heterocycles. The Balaban J connectivity index is 0.000000265. The van der Waals surface area contributed by atoms with Crippen LogP contribution in [0.1, 0.15) is 12.8 Å². The molecule has 0 aliphatic carbocycles. The van der Waals surface area contributed by atoms with Crippen molar-refractivity contribution in [2.24, 2.45) is 0 Å². The van der Waals surface area contributed by atoms with E-state index in [1.165, 1.54) is 0 Å². The second-order valence-corrected chi connectivity index (χ2v) is 2.79. The number of carboxylic acid groups (broad SMARTS) is 2. The first-order chi connectivity index (χ1) is 6.75. The van der Waals surface area contributed by atoms with Crippen molar-refractivity contribution < 1.29 is 33.0 Å². The van der Waals surface area contributed by atoms with Gasteiger partial charge in [0.25, 0.3) is 0 Å². The van der Waals surface area contributed by atoms with Crippen molar-refractivity contribution in [1.29, 1.82) is 0 Å². The average Bonchev–Trinajstić information content (AvgIpc) is 2.54. The molecule has 1 fully saturated rings. The predicted molar refractivity (Wildman–Crippen MR) is 42.4 cm³/mol. The van der Waals surface area contributed by atoms with Gasteiger partial charge in [0.2, 0.25) is 0 Å². The maximum Gasteiger partial charge on any atom is 0.490 e. The maximum atomic E-state index is 10.6. The summed E-state index contributed by atoms with van der Waals surface area (Å²) < 4.78 is 31.7. The molecule has 8 heteroatoms. The number of alkyl halides is 3. The van der Waals surface area contributed by atoms with Gasteiger partial charge in [-0.3, -0.25) is 4.79 Å². The minimum Gasteiger partial charge on any atom is -0.480 e. The Morgan fingerprint density at radius 1 is 1.27 bits per heavy atom. The molecule has 5 nitrogen and oxygen atoms in total. The number of rotatable bonds is 1. The summed E-state index contributed by atoms with van der Waals surface area (Å²) in [5.41, 5.74) is 0. The highest BCUT2D eigenvalue weighted by Gasteiger charge is 2.38. The van der Waals surface area contributed by atoms with Gasteiger partial charge in [-0.25, -0.2) is 4.79 Å². The van der Waals surface area contributed by atoms with Crippen molar-refractivity contribution in [3.63, 3.8) is 0 Å². The van der Waals surface area contributed by atoms with Crippen molar-refractivity contribution in [3.05, 3.63) is 0 Å². The molecule has 1 aliphatic rings. The molecule has 3 N–H and O–H groups in total. The second-order valence-electron chi connectivity index (χ2n) is 2.79. The number of aliphatic carboxylic acids is 2. The lowest BCUT2D eigenvalue weighted by Gasteiger charge is -1.99. The van der Waals surface area contributed by atoms with Gasteiger partial charge in [-0.15, -0.1) is 0 Å². The molecule has 0 bridgehead atoms. The molecule has 0 aromatic carbocycles. The van der Waals surface area contributed by atoms with Gasteiger partial charge in [-0.05, 0) is 19.4 Å². The molecule has 0 spiro atoms. The molecule has 1 rings (SSSR count). The first-order valence-corrected chi connectivity index (χ1v) is 4.01. The summed E-state index contributed by atoms with van der Waals surface area (Å²) >= 11 is 0. The lowest BCUT2D eigenvalue weighted by molar-refractivity contribution is -0.192. The predicted octanol–water partition coefficient (Wildman–Crippen LogP) is 0.456. The van der Waals surface area contributed by atoms with Crippen molar-refractivity contribution in [2.75, 3.05) is 6.54 Å². The Bertz CT molecular complexity index is 235. The van der Waals surface area contributed by atoms with E-state index in [4.69, 9.17) is 15.0 Å². The zero-order valence-electron chi connectivity index (χ0n) is 7.54. The van der Waals surface area contributed by atoms with Gasteiger partial charge in [0.05, 0.1) is 0 Å². The lowest BCUT2D eigenvalue weighted by atomic mass is 10.2. The van der Waals surface area contributed by atoms with Crippen LogP contribution < -0.4 is 5.32 Å². The Morgan fingerprint density at radius 3 is 1.87 bits per heavy atom. The Morgan fingerprint density at radius 2 is 1.73 bits per heavy atom. The van der Waals surface area contributed by atoms with Gasteiger partial charge in [0.15, 0.2) is 0 Å². The summed E-state index contributed by atoms with van der Waals surface area (Å²) in [6.45, 7) is 0.858. The number of hydrogen-bond donors (Lipinski definition) is 3. The van der Waals surface area contributed by atoms with Crippen LogP contribution >= 0.6 is 0 Å². The number of carboxylic acids is 2. The molecule has 0 aromatic rings. The van der Waals surface area contributed by atoms with Crippen molar-refractivity contribution in [2.45, 2.75) is 25.1 Å². The van der Waals surface area contributed by atoms with Gasteiger partial charge < -0.3 is 15.5 Å². The summed E-state index contributed by atoms with van der Waals surface area (Å²) in [6, 6.07) is -0.269. The van der Waals surface area contributed by atoms with Crippen LogP contribution in [0.5, 0.6) is 0 Å². The molecule has 0 unspecified atom stereocenters. The number of hydrogen-bond acceptors (Lipinski definition) is 3. The monoisotopic (exact) mass is 229 g/mol. The van der Waals surface area contributed by atoms with Gasteiger partial charge in [-0.2, -0.15) is 13.2 Å². The molecule has 1 aliphatic heterocycles. The highest BCUT2D eigenvalue weighted by atomic mass is 19.4. The van der Waals surface area contributed by atoms with Crippen LogP contribution in [0.25, 0.3) is 0 Å². The SMILES string of the molecule is O=C(O)C(F)(F)F.O=C(O)[C@@H]1CCCN1. The van der Waals surface area contributed by atoms with E-state index >= 15 is 0 Å². The van der Waals surface area contributed by atoms with Crippen molar-refractivity contribution in [1.82, 2.24) is 5.32 Å². The summed E-state index contributed by atoms with van der Waals surface area (Å²) in [7, 11) is 0. The summed E-state index contributed by atoms with van der Waals surface area (Å²) in [5.74, 6) is -3.48. The van der Waals surface area contributed by atoms with Crippen LogP contribution in [0.3, 0.4) is 0 Å². The largest absolute Gasteiger partial charge is 0.490 e. The molecule has 88 valence electrons. The third-order valence-corrected chi connectivity index (χ3v) is 1.60. The van der Waals surface area contributed by atoms with Crippen LogP contribution in [-0.2, 0) is 9.59 Å². The highest BCUT2D eigenvalue weighted by molar-refractivity contribution is 5.73. The first-order valence-electron chi connectivity index (χ1n) is 4.01. The van der Waals surface area contributed by atoms with Gasteiger partial charge >= 0.3 is 18.1 Å². The standard InChI is InChI=1S/C5H9NO2.C2HF3O2/c7-5(8)4-2-1-3-6-4;3-2(4,5)1(6)7/h4,6H,1-3H2,(H,7,8);(H,6,7)/t4-;/m0./s1. The van der Waals surface area contributed by atoms with Gasteiger partial charge in [0.1, 0.15) is 6.04 Å². The Kier molecular flexibility index (Phi) is 5.06. The Hall–Kier alpha value is -1.31. The van der Waals surface area contributed by atoms with Crippen LogP contribution in [-0.4, -0.2) is 40.9 Å². The summed E-state index contributed by atoms with van der Waals surface area (Å²) in [4.78, 5) is 19.0. The topological polar surface area (TPSA) is 86.6 Å². The van der Waals surface area contributed by atoms with Gasteiger partial charge in [-0.1, -0.05) is 0 Å². The summed E-state index contributed by atoms with van der Waals surface area (Å²) in [6.07, 6.45) is -3.30. The third-order valence-electron chi connectivity index (χ3n) is 1.60. The second kappa shape index (κ2) is 5.54. The smallest absolute Gasteiger partial charge is 0.480 e. The van der Waals surface area contributed by atoms with E-state index in [1.54, 1.807) is 0 Å².